The zero-order valence-electron chi connectivity index (χ0n) is 14.4. The van der Waals surface area contributed by atoms with Crippen LogP contribution in [0.3, 0.4) is 0 Å². The van der Waals surface area contributed by atoms with Gasteiger partial charge in [0.25, 0.3) is 0 Å². The van der Waals surface area contributed by atoms with Crippen LogP contribution in [-0.4, -0.2) is 32.3 Å². The van der Waals surface area contributed by atoms with E-state index in [1.54, 1.807) is 0 Å². The second kappa shape index (κ2) is 7.56. The lowest BCUT2D eigenvalue weighted by Gasteiger charge is -2.35. The van der Waals surface area contributed by atoms with Gasteiger partial charge in [0.2, 0.25) is 0 Å². The molecule has 0 rings (SSSR count). The van der Waals surface area contributed by atoms with Crippen molar-refractivity contribution in [1.82, 2.24) is 0 Å². The highest BCUT2D eigenvalue weighted by atomic mass is 28.4. The molecule has 0 unspecified atom stereocenters. The van der Waals surface area contributed by atoms with Crippen molar-refractivity contribution in [3.8, 4) is 0 Å². The number of rotatable bonds is 9. The Balaban J connectivity index is 4.93. The van der Waals surface area contributed by atoms with Crippen molar-refractivity contribution in [1.29, 1.82) is 0 Å². The summed E-state index contributed by atoms with van der Waals surface area (Å²) >= 11 is 0. The molecule has 0 bridgehead atoms. The monoisotopic (exact) mass is 320 g/mol. The molecule has 0 spiro atoms. The van der Waals surface area contributed by atoms with Crippen molar-refractivity contribution in [2.45, 2.75) is 78.2 Å². The van der Waals surface area contributed by atoms with E-state index < -0.39 is 32.3 Å². The Morgan fingerprint density at radius 1 is 0.632 bits per heavy atom. The lowest BCUT2D eigenvalue weighted by molar-refractivity contribution is 0.295. The number of hydrogen-bond acceptors (Lipinski definition) is 3. The Morgan fingerprint density at radius 2 is 0.947 bits per heavy atom. The van der Waals surface area contributed by atoms with Crippen molar-refractivity contribution in [3.63, 3.8) is 0 Å². The van der Waals surface area contributed by atoms with E-state index >= 15 is 0 Å². The first-order valence-electron chi connectivity index (χ1n) is 7.50. The summed E-state index contributed by atoms with van der Waals surface area (Å²) in [6.45, 7) is 19.8. The molecular formula is C12H33BO3Si3. The van der Waals surface area contributed by atoms with Crippen LogP contribution in [0, 0.1) is 0 Å². The Morgan fingerprint density at radius 3 is 1.16 bits per heavy atom. The van der Waals surface area contributed by atoms with E-state index in [4.69, 9.17) is 13.0 Å². The second-order valence-electron chi connectivity index (χ2n) is 7.11. The van der Waals surface area contributed by atoms with E-state index in [0.29, 0.717) is 0 Å². The molecule has 0 aliphatic heterocycles. The molecular weight excluding hydrogens is 287 g/mol. The highest BCUT2D eigenvalue weighted by molar-refractivity contribution is 6.84. The summed E-state index contributed by atoms with van der Waals surface area (Å²) in [6.07, 6.45) is 0. The minimum absolute atomic E-state index is 0.440. The van der Waals surface area contributed by atoms with Crippen LogP contribution in [0.15, 0.2) is 0 Å². The van der Waals surface area contributed by atoms with Crippen LogP contribution in [0.2, 0.25) is 57.4 Å². The summed E-state index contributed by atoms with van der Waals surface area (Å²) in [5, 5.41) is 0. The molecule has 0 amide bonds. The van der Waals surface area contributed by atoms with Gasteiger partial charge in [0.15, 0.2) is 25.0 Å². The zero-order valence-corrected chi connectivity index (χ0v) is 17.4. The standard InChI is InChI=1S/C12H33BO3Si3/c1-10-19(11-2,12-3)16-13(14-17(4,5)6)15-18(7,8)9/h10-12H2,1-9H3. The topological polar surface area (TPSA) is 27.7 Å². The molecule has 0 aliphatic carbocycles. The van der Waals surface area contributed by atoms with Gasteiger partial charge in [0.05, 0.1) is 0 Å². The Labute approximate surface area is 124 Å². The van der Waals surface area contributed by atoms with Crippen LogP contribution >= 0.6 is 0 Å². The van der Waals surface area contributed by atoms with Crippen LogP contribution in [0.5, 0.6) is 0 Å². The third-order valence-corrected chi connectivity index (χ3v) is 9.54. The summed E-state index contributed by atoms with van der Waals surface area (Å²) in [4.78, 5) is 0. The van der Waals surface area contributed by atoms with Crippen LogP contribution in [0.25, 0.3) is 0 Å². The zero-order chi connectivity index (χ0) is 15.3. The van der Waals surface area contributed by atoms with Crippen LogP contribution in [0.4, 0.5) is 0 Å². The third kappa shape index (κ3) is 8.47. The molecule has 0 aromatic rings. The first-order valence-corrected chi connectivity index (χ1v) is 16.8. The molecule has 0 saturated carbocycles. The molecule has 0 aromatic heterocycles. The molecule has 0 fully saturated rings. The maximum absolute atomic E-state index is 6.40. The van der Waals surface area contributed by atoms with Crippen LogP contribution < -0.4 is 0 Å². The van der Waals surface area contributed by atoms with E-state index in [-0.39, 0.29) is 0 Å². The van der Waals surface area contributed by atoms with Crippen molar-refractivity contribution in [3.05, 3.63) is 0 Å². The van der Waals surface area contributed by atoms with Gasteiger partial charge in [0.1, 0.15) is 0 Å². The van der Waals surface area contributed by atoms with Crippen LogP contribution in [0.1, 0.15) is 20.8 Å². The molecule has 0 N–H and O–H groups in total. The lowest BCUT2D eigenvalue weighted by atomic mass is 10.3. The average Bonchev–Trinajstić information content (AvgIpc) is 2.21. The van der Waals surface area contributed by atoms with Crippen molar-refractivity contribution < 1.29 is 13.0 Å². The molecule has 0 radical (unpaired) electrons. The van der Waals surface area contributed by atoms with Crippen molar-refractivity contribution >= 4 is 32.3 Å². The van der Waals surface area contributed by atoms with E-state index in [1.165, 1.54) is 0 Å². The summed E-state index contributed by atoms with van der Waals surface area (Å²) < 4.78 is 18.7. The summed E-state index contributed by atoms with van der Waals surface area (Å²) in [7, 11) is -5.45. The predicted molar refractivity (Wildman–Crippen MR) is 92.9 cm³/mol. The molecule has 0 aromatic carbocycles. The van der Waals surface area contributed by atoms with Gasteiger partial charge >= 0.3 is 7.32 Å². The quantitative estimate of drug-likeness (QED) is 0.577. The van der Waals surface area contributed by atoms with E-state index in [1.807, 2.05) is 0 Å². The third-order valence-electron chi connectivity index (χ3n) is 3.18. The molecule has 0 heterocycles. The van der Waals surface area contributed by atoms with Gasteiger partial charge in [-0.1, -0.05) is 20.8 Å². The van der Waals surface area contributed by atoms with Gasteiger partial charge in [-0.25, -0.2) is 0 Å². The Hall–Kier alpha value is 0.596. The SMILES string of the molecule is CC[Si](CC)(CC)OB(O[Si](C)(C)C)O[Si](C)(C)C. The highest BCUT2D eigenvalue weighted by Crippen LogP contribution is 2.25. The summed E-state index contributed by atoms with van der Waals surface area (Å²) in [5.41, 5.74) is 0. The molecule has 7 heteroatoms. The lowest BCUT2D eigenvalue weighted by Crippen LogP contribution is -2.51. The number of hydrogen-bond donors (Lipinski definition) is 0. The molecule has 114 valence electrons. The molecule has 3 nitrogen and oxygen atoms in total. The summed E-state index contributed by atoms with van der Waals surface area (Å²) in [5.74, 6) is 0. The largest absolute Gasteiger partial charge is 0.606 e. The minimum atomic E-state index is -1.69. The molecule has 0 atom stereocenters. The van der Waals surface area contributed by atoms with Gasteiger partial charge in [0, 0.05) is 0 Å². The van der Waals surface area contributed by atoms with E-state index in [9.17, 15) is 0 Å². The van der Waals surface area contributed by atoms with E-state index in [0.717, 1.165) is 18.1 Å². The van der Waals surface area contributed by atoms with Gasteiger partial charge < -0.3 is 13.0 Å². The first-order chi connectivity index (χ1) is 8.47. The molecule has 0 saturated heterocycles. The Kier molecular flexibility index (Phi) is 7.80. The van der Waals surface area contributed by atoms with Gasteiger partial charge in [-0.2, -0.15) is 0 Å². The normalized spacial score (nSPS) is 13.7. The fourth-order valence-electron chi connectivity index (χ4n) is 1.85. The molecule has 0 aliphatic rings. The smallest absolute Gasteiger partial charge is 0.430 e. The fraction of sp³-hybridized carbons (Fsp3) is 1.00. The first kappa shape index (κ1) is 19.6. The molecule has 19 heavy (non-hydrogen) atoms. The van der Waals surface area contributed by atoms with Gasteiger partial charge in [-0.15, -0.1) is 0 Å². The fourth-order valence-corrected chi connectivity index (χ4v) is 5.99. The maximum atomic E-state index is 6.40. The van der Waals surface area contributed by atoms with Gasteiger partial charge in [-0.3, -0.25) is 0 Å². The Bertz CT molecular complexity index is 236. The second-order valence-corrected chi connectivity index (χ2v) is 20.8. The average molecular weight is 320 g/mol. The predicted octanol–water partition coefficient (Wildman–Crippen LogP) is 4.70. The summed E-state index contributed by atoms with van der Waals surface area (Å²) in [6, 6.07) is 3.38. The van der Waals surface area contributed by atoms with Crippen molar-refractivity contribution in [2.24, 2.45) is 0 Å². The van der Waals surface area contributed by atoms with Crippen molar-refractivity contribution in [2.75, 3.05) is 0 Å². The van der Waals surface area contributed by atoms with Crippen LogP contribution in [-0.2, 0) is 13.0 Å². The van der Waals surface area contributed by atoms with Gasteiger partial charge in [-0.05, 0) is 57.4 Å². The highest BCUT2D eigenvalue weighted by Gasteiger charge is 2.40. The minimum Gasteiger partial charge on any atom is -0.430 e. The maximum Gasteiger partial charge on any atom is 0.606 e. The van der Waals surface area contributed by atoms with E-state index in [2.05, 4.69) is 60.1 Å².